The van der Waals surface area contributed by atoms with Gasteiger partial charge in [-0.25, -0.2) is 9.48 Å². The molecule has 0 amide bonds. The van der Waals surface area contributed by atoms with E-state index in [0.29, 0.717) is 18.0 Å². The lowest BCUT2D eigenvalue weighted by atomic mass is 10.1. The second kappa shape index (κ2) is 6.19. The van der Waals surface area contributed by atoms with Crippen LogP contribution in [0.15, 0.2) is 58.0 Å². The molecule has 1 aliphatic carbocycles. The number of oxazole rings is 1. The van der Waals surface area contributed by atoms with E-state index in [4.69, 9.17) is 4.42 Å². The van der Waals surface area contributed by atoms with Gasteiger partial charge in [0, 0.05) is 6.20 Å². The van der Waals surface area contributed by atoms with E-state index in [-0.39, 0.29) is 11.8 Å². The molecule has 3 aromatic heterocycles. The Balaban J connectivity index is 1.48. The lowest BCUT2D eigenvalue weighted by Gasteiger charge is -2.16. The lowest BCUT2D eigenvalue weighted by Crippen LogP contribution is -2.16. The van der Waals surface area contributed by atoms with E-state index >= 15 is 0 Å². The highest BCUT2D eigenvalue weighted by Crippen LogP contribution is 2.42. The average molecular weight is 361 g/mol. The third-order valence-electron chi connectivity index (χ3n) is 5.04. The summed E-state index contributed by atoms with van der Waals surface area (Å²) in [5.74, 6) is 0.149. The van der Waals surface area contributed by atoms with E-state index in [1.54, 1.807) is 10.6 Å². The van der Waals surface area contributed by atoms with Gasteiger partial charge in [0.1, 0.15) is 5.69 Å². The van der Waals surface area contributed by atoms with Crippen molar-refractivity contribution in [2.45, 2.75) is 32.4 Å². The van der Waals surface area contributed by atoms with E-state index in [2.05, 4.69) is 28.3 Å². The number of aromatic nitrogens is 5. The Morgan fingerprint density at radius 1 is 1.26 bits per heavy atom. The van der Waals surface area contributed by atoms with Crippen molar-refractivity contribution >= 4 is 11.1 Å². The van der Waals surface area contributed by atoms with Crippen molar-refractivity contribution in [3.8, 4) is 0 Å². The molecule has 1 fully saturated rings. The van der Waals surface area contributed by atoms with Gasteiger partial charge >= 0.3 is 5.76 Å². The van der Waals surface area contributed by atoms with Crippen LogP contribution in [0.5, 0.6) is 0 Å². The number of benzene rings is 1. The maximum absolute atomic E-state index is 12.2. The molecule has 0 spiro atoms. The van der Waals surface area contributed by atoms with E-state index in [1.165, 1.54) is 18.4 Å². The van der Waals surface area contributed by atoms with Gasteiger partial charge in [-0.05, 0) is 55.5 Å². The van der Waals surface area contributed by atoms with Crippen molar-refractivity contribution in [2.24, 2.45) is 5.92 Å². The van der Waals surface area contributed by atoms with Crippen molar-refractivity contribution in [1.82, 2.24) is 24.5 Å². The van der Waals surface area contributed by atoms with E-state index in [9.17, 15) is 4.79 Å². The summed E-state index contributed by atoms with van der Waals surface area (Å²) >= 11 is 0. The zero-order chi connectivity index (χ0) is 18.4. The molecular weight excluding hydrogens is 342 g/mol. The van der Waals surface area contributed by atoms with Crippen molar-refractivity contribution in [3.05, 3.63) is 76.3 Å². The third kappa shape index (κ3) is 2.95. The number of fused-ring (bicyclic) bond motifs is 1. The van der Waals surface area contributed by atoms with Gasteiger partial charge in [-0.2, -0.15) is 0 Å². The van der Waals surface area contributed by atoms with Gasteiger partial charge in [0.05, 0.1) is 30.0 Å². The fourth-order valence-corrected chi connectivity index (χ4v) is 3.57. The maximum Gasteiger partial charge on any atom is 0.420 e. The van der Waals surface area contributed by atoms with Gasteiger partial charge in [0.25, 0.3) is 0 Å². The van der Waals surface area contributed by atoms with Crippen molar-refractivity contribution < 1.29 is 4.42 Å². The van der Waals surface area contributed by atoms with Crippen molar-refractivity contribution in [2.75, 3.05) is 0 Å². The van der Waals surface area contributed by atoms with Crippen molar-refractivity contribution in [1.29, 1.82) is 0 Å². The highest BCUT2D eigenvalue weighted by Gasteiger charge is 2.35. The fraction of sp³-hybridized carbons (Fsp3) is 0.300. The normalized spacial score (nSPS) is 15.3. The summed E-state index contributed by atoms with van der Waals surface area (Å²) in [7, 11) is 0. The molecule has 3 heterocycles. The Kier molecular flexibility index (Phi) is 3.67. The second-order valence-corrected chi connectivity index (χ2v) is 7.15. The Morgan fingerprint density at radius 2 is 2.11 bits per heavy atom. The molecule has 0 saturated heterocycles. The standard InChI is InChI=1S/C20H19N5O2/c1-13-8-9-21-16(10-13)19(14-6-7-14)25-12-15(22-23-25)11-24-17-4-2-3-5-18(17)27-20(24)26/h2-5,8-10,12,14,19H,6-7,11H2,1H3/t19-/m1/s1. The predicted octanol–water partition coefficient (Wildman–Crippen LogP) is 2.94. The molecule has 0 bridgehead atoms. The minimum absolute atomic E-state index is 0.0870. The third-order valence-corrected chi connectivity index (χ3v) is 5.04. The minimum atomic E-state index is -0.384. The number of hydrogen-bond donors (Lipinski definition) is 0. The number of pyridine rings is 1. The molecule has 0 radical (unpaired) electrons. The van der Waals surface area contributed by atoms with E-state index in [1.807, 2.05) is 41.3 Å². The summed E-state index contributed by atoms with van der Waals surface area (Å²) < 4.78 is 8.77. The summed E-state index contributed by atoms with van der Waals surface area (Å²) in [6.45, 7) is 2.40. The zero-order valence-electron chi connectivity index (χ0n) is 14.9. The molecule has 7 heteroatoms. The van der Waals surface area contributed by atoms with Crippen LogP contribution in [0.2, 0.25) is 0 Å². The molecule has 27 heavy (non-hydrogen) atoms. The van der Waals surface area contributed by atoms with Gasteiger partial charge in [-0.15, -0.1) is 5.10 Å². The van der Waals surface area contributed by atoms with Crippen LogP contribution in [0.25, 0.3) is 11.1 Å². The first-order chi connectivity index (χ1) is 13.2. The molecule has 1 atom stereocenters. The largest absolute Gasteiger partial charge is 0.420 e. The minimum Gasteiger partial charge on any atom is -0.408 e. The molecule has 1 saturated carbocycles. The van der Waals surface area contributed by atoms with Crippen molar-refractivity contribution in [3.63, 3.8) is 0 Å². The number of hydrogen-bond acceptors (Lipinski definition) is 5. The lowest BCUT2D eigenvalue weighted by molar-refractivity contribution is 0.448. The number of rotatable bonds is 5. The SMILES string of the molecule is Cc1ccnc([C@@H](C2CC2)n2cc(Cn3c(=O)oc4ccccc43)nn2)c1. The van der Waals surface area contributed by atoms with Gasteiger partial charge in [-0.1, -0.05) is 17.3 Å². The highest BCUT2D eigenvalue weighted by atomic mass is 16.4. The summed E-state index contributed by atoms with van der Waals surface area (Å²) in [5.41, 5.74) is 4.26. The Labute approximate surface area is 155 Å². The van der Waals surface area contributed by atoms with Crippen LogP contribution in [-0.2, 0) is 6.54 Å². The van der Waals surface area contributed by atoms with Gasteiger partial charge in [0.15, 0.2) is 5.58 Å². The molecule has 0 aliphatic heterocycles. The van der Waals surface area contributed by atoms with Crippen LogP contribution in [0.1, 0.15) is 35.8 Å². The second-order valence-electron chi connectivity index (χ2n) is 7.15. The zero-order valence-corrected chi connectivity index (χ0v) is 14.9. The predicted molar refractivity (Wildman–Crippen MR) is 99.4 cm³/mol. The molecule has 1 aliphatic rings. The smallest absolute Gasteiger partial charge is 0.408 e. The van der Waals surface area contributed by atoms with Gasteiger partial charge in [0.2, 0.25) is 0 Å². The first-order valence-corrected chi connectivity index (χ1v) is 9.11. The van der Waals surface area contributed by atoms with Crippen LogP contribution < -0.4 is 5.76 Å². The molecule has 0 unspecified atom stereocenters. The topological polar surface area (TPSA) is 78.7 Å². The van der Waals surface area contributed by atoms with Crippen LogP contribution >= 0.6 is 0 Å². The van der Waals surface area contributed by atoms with Crippen LogP contribution in [0.4, 0.5) is 0 Å². The number of para-hydroxylation sites is 2. The summed E-state index contributed by atoms with van der Waals surface area (Å²) in [6.07, 6.45) is 6.10. The van der Waals surface area contributed by atoms with Gasteiger partial charge < -0.3 is 4.42 Å². The first kappa shape index (κ1) is 16.0. The monoisotopic (exact) mass is 361 g/mol. The van der Waals surface area contributed by atoms with Crippen LogP contribution in [0.3, 0.4) is 0 Å². The average Bonchev–Trinajstić information content (AvgIpc) is 3.30. The molecule has 5 rings (SSSR count). The number of aryl methyl sites for hydroxylation is 1. The highest BCUT2D eigenvalue weighted by molar-refractivity contribution is 5.72. The molecule has 136 valence electrons. The Morgan fingerprint density at radius 3 is 2.93 bits per heavy atom. The Bertz CT molecular complexity index is 1170. The number of nitrogens with zero attached hydrogens (tertiary/aromatic N) is 5. The summed E-state index contributed by atoms with van der Waals surface area (Å²) in [5, 5.41) is 8.66. The molecule has 7 nitrogen and oxygen atoms in total. The van der Waals surface area contributed by atoms with Crippen LogP contribution in [0, 0.1) is 12.8 Å². The molecule has 0 N–H and O–H groups in total. The Hall–Kier alpha value is -3.22. The molecule has 1 aromatic carbocycles. The summed E-state index contributed by atoms with van der Waals surface area (Å²) in [4.78, 5) is 16.8. The fourth-order valence-electron chi connectivity index (χ4n) is 3.57. The quantitative estimate of drug-likeness (QED) is 0.546. The van der Waals surface area contributed by atoms with Gasteiger partial charge in [-0.3, -0.25) is 9.55 Å². The maximum atomic E-state index is 12.2. The van der Waals surface area contributed by atoms with E-state index in [0.717, 1.165) is 16.9 Å². The van der Waals surface area contributed by atoms with E-state index < -0.39 is 0 Å². The first-order valence-electron chi connectivity index (χ1n) is 9.11. The van der Waals surface area contributed by atoms with Crippen LogP contribution in [-0.4, -0.2) is 24.5 Å². The molecule has 4 aromatic rings. The molecular formula is C20H19N5O2. The summed E-state index contributed by atoms with van der Waals surface area (Å²) in [6, 6.07) is 11.6.